The Kier molecular flexibility index (Phi) is 7.16. The molecule has 0 spiro atoms. The van der Waals surface area contributed by atoms with E-state index in [2.05, 4.69) is 17.2 Å². The molecule has 100 valence electrons. The lowest BCUT2D eigenvalue weighted by Gasteiger charge is -2.31. The standard InChI is InChI=1S/C12H25N3O2/c1-2-17-11-6-9-15(10-7-11)8-4-3-5-12(16)14-13/h11H,2-10,13H2,1H3,(H,14,16). The number of nitrogens with one attached hydrogen (secondary N) is 1. The molecule has 1 saturated heterocycles. The molecule has 1 aliphatic heterocycles. The van der Waals surface area contributed by atoms with Crippen molar-refractivity contribution in [3.05, 3.63) is 0 Å². The first kappa shape index (κ1) is 14.4. The predicted octanol–water partition coefficient (Wildman–Crippen LogP) is 0.648. The van der Waals surface area contributed by atoms with E-state index < -0.39 is 0 Å². The Morgan fingerprint density at radius 3 is 2.71 bits per heavy atom. The number of amides is 1. The van der Waals surface area contributed by atoms with Gasteiger partial charge in [-0.3, -0.25) is 10.2 Å². The highest BCUT2D eigenvalue weighted by molar-refractivity contribution is 5.75. The van der Waals surface area contributed by atoms with Gasteiger partial charge in [0.15, 0.2) is 0 Å². The van der Waals surface area contributed by atoms with E-state index in [1.165, 1.54) is 0 Å². The minimum absolute atomic E-state index is 0.0694. The maximum atomic E-state index is 10.9. The van der Waals surface area contributed by atoms with Crippen molar-refractivity contribution in [2.75, 3.05) is 26.2 Å². The van der Waals surface area contributed by atoms with Crippen molar-refractivity contribution in [2.24, 2.45) is 5.84 Å². The fourth-order valence-corrected chi connectivity index (χ4v) is 2.23. The summed E-state index contributed by atoms with van der Waals surface area (Å²) in [6.07, 6.45) is 5.24. The molecule has 0 aromatic heterocycles. The van der Waals surface area contributed by atoms with Crippen LogP contribution in [0.4, 0.5) is 0 Å². The van der Waals surface area contributed by atoms with Crippen LogP contribution in [0.1, 0.15) is 39.0 Å². The molecule has 0 radical (unpaired) electrons. The van der Waals surface area contributed by atoms with Crippen LogP contribution in [-0.2, 0) is 9.53 Å². The highest BCUT2D eigenvalue weighted by Crippen LogP contribution is 2.14. The fraction of sp³-hybridized carbons (Fsp3) is 0.917. The summed E-state index contributed by atoms with van der Waals surface area (Å²) < 4.78 is 5.61. The van der Waals surface area contributed by atoms with Crippen molar-refractivity contribution in [1.82, 2.24) is 10.3 Å². The molecular weight excluding hydrogens is 218 g/mol. The van der Waals surface area contributed by atoms with Gasteiger partial charge in [0.1, 0.15) is 0 Å². The van der Waals surface area contributed by atoms with E-state index in [0.29, 0.717) is 12.5 Å². The number of piperidine rings is 1. The molecule has 5 heteroatoms. The van der Waals surface area contributed by atoms with Gasteiger partial charge in [0.05, 0.1) is 6.10 Å². The second-order valence-electron chi connectivity index (χ2n) is 4.52. The van der Waals surface area contributed by atoms with E-state index in [-0.39, 0.29) is 5.91 Å². The van der Waals surface area contributed by atoms with Crippen LogP contribution in [-0.4, -0.2) is 43.2 Å². The van der Waals surface area contributed by atoms with Gasteiger partial charge in [0.25, 0.3) is 0 Å². The summed E-state index contributed by atoms with van der Waals surface area (Å²) in [4.78, 5) is 13.4. The van der Waals surface area contributed by atoms with Crippen molar-refractivity contribution < 1.29 is 9.53 Å². The highest BCUT2D eigenvalue weighted by atomic mass is 16.5. The zero-order valence-corrected chi connectivity index (χ0v) is 10.8. The molecule has 1 heterocycles. The summed E-state index contributed by atoms with van der Waals surface area (Å²) in [5.74, 6) is 4.95. The average Bonchev–Trinajstić information content (AvgIpc) is 2.36. The molecule has 0 aliphatic carbocycles. The molecule has 0 saturated carbocycles. The number of hydrazine groups is 1. The second-order valence-corrected chi connectivity index (χ2v) is 4.52. The SMILES string of the molecule is CCOC1CCN(CCCCC(=O)NN)CC1. The number of nitrogens with two attached hydrogens (primary N) is 1. The third-order valence-corrected chi connectivity index (χ3v) is 3.23. The zero-order chi connectivity index (χ0) is 12.5. The topological polar surface area (TPSA) is 67.6 Å². The van der Waals surface area contributed by atoms with E-state index in [9.17, 15) is 4.79 Å². The Hall–Kier alpha value is -0.650. The van der Waals surface area contributed by atoms with Gasteiger partial charge in [-0.1, -0.05) is 0 Å². The molecule has 1 rings (SSSR count). The number of rotatable bonds is 7. The molecule has 5 nitrogen and oxygen atoms in total. The van der Waals surface area contributed by atoms with Gasteiger partial charge in [-0.2, -0.15) is 0 Å². The lowest BCUT2D eigenvalue weighted by Crippen LogP contribution is -2.37. The molecular formula is C12H25N3O2. The van der Waals surface area contributed by atoms with Crippen LogP contribution in [0, 0.1) is 0 Å². The molecule has 0 unspecified atom stereocenters. The maximum Gasteiger partial charge on any atom is 0.233 e. The molecule has 1 aliphatic rings. The van der Waals surface area contributed by atoms with Crippen molar-refractivity contribution in [1.29, 1.82) is 0 Å². The number of carbonyl (C=O) groups is 1. The van der Waals surface area contributed by atoms with Gasteiger partial charge in [-0.25, -0.2) is 5.84 Å². The third kappa shape index (κ3) is 6.00. The first-order valence-corrected chi connectivity index (χ1v) is 6.59. The number of hydrogen-bond donors (Lipinski definition) is 2. The number of ether oxygens (including phenoxy) is 1. The third-order valence-electron chi connectivity index (χ3n) is 3.23. The number of hydrogen-bond acceptors (Lipinski definition) is 4. The van der Waals surface area contributed by atoms with Crippen LogP contribution < -0.4 is 11.3 Å². The molecule has 1 amide bonds. The Morgan fingerprint density at radius 1 is 1.41 bits per heavy atom. The van der Waals surface area contributed by atoms with Crippen LogP contribution in [0.5, 0.6) is 0 Å². The summed E-state index contributed by atoms with van der Waals surface area (Å²) in [5.41, 5.74) is 2.15. The summed E-state index contributed by atoms with van der Waals surface area (Å²) in [5, 5.41) is 0. The molecule has 0 aromatic rings. The van der Waals surface area contributed by atoms with Gasteiger partial charge in [0.2, 0.25) is 5.91 Å². The van der Waals surface area contributed by atoms with E-state index in [0.717, 1.165) is 51.9 Å². The van der Waals surface area contributed by atoms with Gasteiger partial charge in [0, 0.05) is 26.1 Å². The largest absolute Gasteiger partial charge is 0.378 e. The highest BCUT2D eigenvalue weighted by Gasteiger charge is 2.18. The van der Waals surface area contributed by atoms with E-state index in [1.807, 2.05) is 0 Å². The molecule has 0 atom stereocenters. The fourth-order valence-electron chi connectivity index (χ4n) is 2.23. The van der Waals surface area contributed by atoms with Gasteiger partial charge < -0.3 is 9.64 Å². The Morgan fingerprint density at radius 2 is 2.12 bits per heavy atom. The minimum atomic E-state index is -0.0694. The maximum absolute atomic E-state index is 10.9. The van der Waals surface area contributed by atoms with Crippen LogP contribution >= 0.6 is 0 Å². The predicted molar refractivity (Wildman–Crippen MR) is 67.3 cm³/mol. The molecule has 3 N–H and O–H groups in total. The van der Waals surface area contributed by atoms with Crippen molar-refractivity contribution in [3.8, 4) is 0 Å². The molecule has 0 bridgehead atoms. The number of carbonyl (C=O) groups excluding carboxylic acids is 1. The van der Waals surface area contributed by atoms with Gasteiger partial charge in [-0.05, 0) is 39.2 Å². The number of nitrogens with zero attached hydrogens (tertiary/aromatic N) is 1. The molecule has 17 heavy (non-hydrogen) atoms. The molecule has 0 aromatic carbocycles. The summed E-state index contributed by atoms with van der Waals surface area (Å²) in [6, 6.07) is 0. The lowest BCUT2D eigenvalue weighted by molar-refractivity contribution is -0.121. The van der Waals surface area contributed by atoms with Crippen molar-refractivity contribution in [2.45, 2.75) is 45.1 Å². The van der Waals surface area contributed by atoms with E-state index in [4.69, 9.17) is 10.6 Å². The van der Waals surface area contributed by atoms with Crippen LogP contribution in [0.3, 0.4) is 0 Å². The average molecular weight is 243 g/mol. The van der Waals surface area contributed by atoms with Gasteiger partial charge >= 0.3 is 0 Å². The Labute approximate surface area is 104 Å². The zero-order valence-electron chi connectivity index (χ0n) is 10.8. The summed E-state index contributed by atoms with van der Waals surface area (Å²) in [7, 11) is 0. The Bertz CT molecular complexity index is 216. The van der Waals surface area contributed by atoms with Crippen LogP contribution in [0.2, 0.25) is 0 Å². The summed E-state index contributed by atoms with van der Waals surface area (Å²) >= 11 is 0. The minimum Gasteiger partial charge on any atom is -0.378 e. The van der Waals surface area contributed by atoms with Crippen molar-refractivity contribution >= 4 is 5.91 Å². The van der Waals surface area contributed by atoms with Crippen molar-refractivity contribution in [3.63, 3.8) is 0 Å². The summed E-state index contributed by atoms with van der Waals surface area (Å²) in [6.45, 7) is 6.19. The van der Waals surface area contributed by atoms with E-state index in [1.54, 1.807) is 0 Å². The van der Waals surface area contributed by atoms with Gasteiger partial charge in [-0.15, -0.1) is 0 Å². The van der Waals surface area contributed by atoms with E-state index >= 15 is 0 Å². The smallest absolute Gasteiger partial charge is 0.233 e. The lowest BCUT2D eigenvalue weighted by atomic mass is 10.1. The van der Waals surface area contributed by atoms with Crippen LogP contribution in [0.15, 0.2) is 0 Å². The normalized spacial score (nSPS) is 18.2. The Balaban J connectivity index is 2.00. The first-order valence-electron chi connectivity index (χ1n) is 6.59. The first-order chi connectivity index (χ1) is 8.26. The quantitative estimate of drug-likeness (QED) is 0.298. The molecule has 1 fully saturated rings. The second kappa shape index (κ2) is 8.44. The monoisotopic (exact) mass is 243 g/mol. The number of unbranched alkanes of at least 4 members (excludes halogenated alkanes) is 1. The number of likely N-dealkylation sites (tertiary alicyclic amines) is 1. The van der Waals surface area contributed by atoms with Crippen LogP contribution in [0.25, 0.3) is 0 Å².